The van der Waals surface area contributed by atoms with Crippen LogP contribution in [0.3, 0.4) is 0 Å². The van der Waals surface area contributed by atoms with Crippen molar-refractivity contribution < 1.29 is 0 Å². The molecule has 0 aromatic carbocycles. The zero-order valence-corrected chi connectivity index (χ0v) is 10.8. The molecule has 3 rings (SSSR count). The SMILES string of the molecule is C/C1=C(\C)C2=C(CC2)/C(C)=C(/C)C2=C1CC2. The van der Waals surface area contributed by atoms with E-state index in [4.69, 9.17) is 0 Å². The standard InChI is InChI=1S/C16H20/c1-9-10(2)14-7-8-16(14)12(4)11(3)15-6-5-13(9)15/h5-8H2,1-4H3/b10-9-,12-11-,13-9?,14-10?,15-11?,16-12?. The first-order valence-electron chi connectivity index (χ1n) is 6.41. The van der Waals surface area contributed by atoms with Gasteiger partial charge in [0.05, 0.1) is 0 Å². The second-order valence-corrected chi connectivity index (χ2v) is 5.41. The third-order valence-corrected chi connectivity index (χ3v) is 4.91. The molecule has 3 aliphatic carbocycles. The molecule has 0 atom stereocenters. The fourth-order valence-corrected chi connectivity index (χ4v) is 3.31. The van der Waals surface area contributed by atoms with Crippen LogP contribution in [0.15, 0.2) is 44.6 Å². The van der Waals surface area contributed by atoms with Gasteiger partial charge < -0.3 is 0 Å². The van der Waals surface area contributed by atoms with Gasteiger partial charge in [-0.25, -0.2) is 0 Å². The Kier molecular flexibility index (Phi) is 2.04. The molecule has 0 nitrogen and oxygen atoms in total. The van der Waals surface area contributed by atoms with E-state index in [1.165, 1.54) is 25.7 Å². The van der Waals surface area contributed by atoms with Gasteiger partial charge in [0, 0.05) is 0 Å². The summed E-state index contributed by atoms with van der Waals surface area (Å²) in [4.78, 5) is 0. The van der Waals surface area contributed by atoms with Crippen LogP contribution >= 0.6 is 0 Å². The topological polar surface area (TPSA) is 0 Å². The predicted molar refractivity (Wildman–Crippen MR) is 69.3 cm³/mol. The second kappa shape index (κ2) is 3.23. The van der Waals surface area contributed by atoms with E-state index in [2.05, 4.69) is 27.7 Å². The summed E-state index contributed by atoms with van der Waals surface area (Å²) in [5, 5.41) is 0. The van der Waals surface area contributed by atoms with Crippen molar-refractivity contribution in [2.75, 3.05) is 0 Å². The Morgan fingerprint density at radius 1 is 0.438 bits per heavy atom. The van der Waals surface area contributed by atoms with Crippen LogP contribution in [0.5, 0.6) is 0 Å². The van der Waals surface area contributed by atoms with E-state index in [9.17, 15) is 0 Å². The highest BCUT2D eigenvalue weighted by Crippen LogP contribution is 2.48. The van der Waals surface area contributed by atoms with Crippen LogP contribution in [0.2, 0.25) is 0 Å². The van der Waals surface area contributed by atoms with Gasteiger partial charge in [0.2, 0.25) is 0 Å². The Labute approximate surface area is 98.4 Å². The van der Waals surface area contributed by atoms with Gasteiger partial charge in [-0.1, -0.05) is 0 Å². The second-order valence-electron chi connectivity index (χ2n) is 5.41. The third-order valence-electron chi connectivity index (χ3n) is 4.91. The number of hydrogen-bond acceptors (Lipinski definition) is 0. The van der Waals surface area contributed by atoms with Gasteiger partial charge in [-0.05, 0) is 98.0 Å². The van der Waals surface area contributed by atoms with Crippen molar-refractivity contribution in [1.29, 1.82) is 0 Å². The van der Waals surface area contributed by atoms with E-state index in [0.717, 1.165) is 0 Å². The van der Waals surface area contributed by atoms with Crippen molar-refractivity contribution >= 4 is 0 Å². The highest BCUT2D eigenvalue weighted by Gasteiger charge is 2.29. The van der Waals surface area contributed by atoms with Gasteiger partial charge in [0.1, 0.15) is 0 Å². The van der Waals surface area contributed by atoms with Crippen LogP contribution in [0.4, 0.5) is 0 Å². The molecule has 0 bridgehead atoms. The van der Waals surface area contributed by atoms with E-state index in [1.807, 2.05) is 0 Å². The molecule has 0 unspecified atom stereocenters. The molecule has 0 saturated carbocycles. The highest BCUT2D eigenvalue weighted by molar-refractivity contribution is 5.63. The van der Waals surface area contributed by atoms with Crippen LogP contribution < -0.4 is 0 Å². The largest absolute Gasteiger partial charge is 0.0444 e. The predicted octanol–water partition coefficient (Wildman–Crippen LogP) is 4.85. The maximum atomic E-state index is 2.32. The van der Waals surface area contributed by atoms with E-state index in [0.29, 0.717) is 0 Å². The first kappa shape index (κ1) is 10.1. The van der Waals surface area contributed by atoms with E-state index in [-0.39, 0.29) is 0 Å². The van der Waals surface area contributed by atoms with Crippen molar-refractivity contribution in [2.45, 2.75) is 53.4 Å². The van der Waals surface area contributed by atoms with Crippen molar-refractivity contribution in [3.05, 3.63) is 44.6 Å². The summed E-state index contributed by atoms with van der Waals surface area (Å²) < 4.78 is 0. The third kappa shape index (κ3) is 1.10. The quantitative estimate of drug-likeness (QED) is 0.538. The molecule has 0 aromatic heterocycles. The van der Waals surface area contributed by atoms with E-state index in [1.54, 1.807) is 44.6 Å². The van der Waals surface area contributed by atoms with Gasteiger partial charge in [0.15, 0.2) is 0 Å². The normalized spacial score (nSPS) is 33.8. The van der Waals surface area contributed by atoms with Crippen LogP contribution in [0, 0.1) is 0 Å². The van der Waals surface area contributed by atoms with Crippen LogP contribution in [-0.4, -0.2) is 0 Å². The maximum Gasteiger partial charge on any atom is -0.0232 e. The lowest BCUT2D eigenvalue weighted by atomic mass is 9.70. The summed E-state index contributed by atoms with van der Waals surface area (Å²) >= 11 is 0. The Morgan fingerprint density at radius 2 is 0.625 bits per heavy atom. The van der Waals surface area contributed by atoms with Crippen LogP contribution in [0.1, 0.15) is 53.4 Å². The minimum absolute atomic E-state index is 1.30. The average Bonchev–Trinajstić information content (AvgIpc) is 2.12. The lowest BCUT2D eigenvalue weighted by Crippen LogP contribution is -2.16. The summed E-state index contributed by atoms with van der Waals surface area (Å²) in [5.41, 5.74) is 12.9. The monoisotopic (exact) mass is 212 g/mol. The van der Waals surface area contributed by atoms with Gasteiger partial charge in [0.25, 0.3) is 0 Å². The maximum absolute atomic E-state index is 2.32. The molecule has 84 valence electrons. The zero-order valence-electron chi connectivity index (χ0n) is 10.8. The molecule has 0 heterocycles. The number of rotatable bonds is 0. The number of hydrogen-bond donors (Lipinski definition) is 0. The van der Waals surface area contributed by atoms with E-state index < -0.39 is 0 Å². The average molecular weight is 212 g/mol. The molecule has 0 amide bonds. The van der Waals surface area contributed by atoms with Crippen molar-refractivity contribution in [1.82, 2.24) is 0 Å². The molecule has 3 aliphatic rings. The molecule has 0 aliphatic heterocycles. The molecule has 0 heteroatoms. The summed E-state index contributed by atoms with van der Waals surface area (Å²) in [6.45, 7) is 9.28. The number of allylic oxidation sites excluding steroid dienone is 8. The summed E-state index contributed by atoms with van der Waals surface area (Å²) in [7, 11) is 0. The highest BCUT2D eigenvalue weighted by atomic mass is 14.3. The minimum Gasteiger partial charge on any atom is -0.0444 e. The van der Waals surface area contributed by atoms with Crippen molar-refractivity contribution in [3.63, 3.8) is 0 Å². The van der Waals surface area contributed by atoms with Gasteiger partial charge in [-0.15, -0.1) is 0 Å². The first-order valence-corrected chi connectivity index (χ1v) is 6.41. The van der Waals surface area contributed by atoms with E-state index >= 15 is 0 Å². The van der Waals surface area contributed by atoms with Crippen molar-refractivity contribution in [3.8, 4) is 0 Å². The van der Waals surface area contributed by atoms with Gasteiger partial charge >= 0.3 is 0 Å². The molecule has 0 radical (unpaired) electrons. The summed E-state index contributed by atoms with van der Waals surface area (Å²) in [6, 6.07) is 0. The Bertz CT molecular complexity index is 370. The molecule has 0 aromatic rings. The molecule has 0 spiro atoms. The zero-order chi connectivity index (χ0) is 11.4. The first-order chi connectivity index (χ1) is 7.61. The lowest BCUT2D eigenvalue weighted by molar-refractivity contribution is 0.767. The fraction of sp³-hybridized carbons (Fsp3) is 0.500. The van der Waals surface area contributed by atoms with Crippen LogP contribution in [-0.2, 0) is 0 Å². The Hall–Kier alpha value is -1.04. The Morgan fingerprint density at radius 3 is 0.750 bits per heavy atom. The molecule has 16 heavy (non-hydrogen) atoms. The van der Waals surface area contributed by atoms with Gasteiger partial charge in [-0.3, -0.25) is 0 Å². The van der Waals surface area contributed by atoms with Crippen LogP contribution in [0.25, 0.3) is 0 Å². The van der Waals surface area contributed by atoms with Crippen molar-refractivity contribution in [2.24, 2.45) is 0 Å². The fourth-order valence-electron chi connectivity index (χ4n) is 3.31. The minimum atomic E-state index is 1.30. The molecular formula is C16H20. The molecule has 0 N–H and O–H groups in total. The molecule has 0 saturated heterocycles. The smallest absolute Gasteiger partial charge is 0.0232 e. The lowest BCUT2D eigenvalue weighted by Gasteiger charge is -2.35. The molecule has 0 fully saturated rings. The Balaban J connectivity index is 2.27. The van der Waals surface area contributed by atoms with Gasteiger partial charge in [-0.2, -0.15) is 0 Å². The molecular weight excluding hydrogens is 192 g/mol. The summed E-state index contributed by atoms with van der Waals surface area (Å²) in [6.07, 6.45) is 5.19. The summed E-state index contributed by atoms with van der Waals surface area (Å²) in [5.74, 6) is 0.